The Hall–Kier alpha value is -2.26. The van der Waals surface area contributed by atoms with Crippen molar-refractivity contribution in [1.82, 2.24) is 29.6 Å². The third kappa shape index (κ3) is 3.26. The number of nitrogen functional groups attached to an aromatic ring is 1. The van der Waals surface area contributed by atoms with Crippen molar-refractivity contribution < 1.29 is 0 Å². The minimum atomic E-state index is 0.311. The Labute approximate surface area is 122 Å². The summed E-state index contributed by atoms with van der Waals surface area (Å²) in [6, 6.07) is 2.17. The first-order valence-electron chi connectivity index (χ1n) is 6.92. The summed E-state index contributed by atoms with van der Waals surface area (Å²) in [7, 11) is 2.13. The van der Waals surface area contributed by atoms with Crippen molar-refractivity contribution in [1.29, 1.82) is 0 Å². The van der Waals surface area contributed by atoms with Gasteiger partial charge in [0.15, 0.2) is 0 Å². The molecule has 3 rings (SSSR count). The zero-order valence-electron chi connectivity index (χ0n) is 11.9. The van der Waals surface area contributed by atoms with Crippen molar-refractivity contribution in [2.75, 3.05) is 30.9 Å². The van der Waals surface area contributed by atoms with Crippen molar-refractivity contribution in [3.63, 3.8) is 0 Å². The summed E-state index contributed by atoms with van der Waals surface area (Å²) in [5.74, 6) is 6.68. The maximum atomic E-state index is 5.43. The van der Waals surface area contributed by atoms with E-state index >= 15 is 0 Å². The van der Waals surface area contributed by atoms with Crippen LogP contribution in [0.25, 0.3) is 5.95 Å². The molecule has 112 valence electrons. The van der Waals surface area contributed by atoms with Gasteiger partial charge in [-0.25, -0.2) is 10.5 Å². The molecule has 0 spiro atoms. The van der Waals surface area contributed by atoms with Gasteiger partial charge >= 0.3 is 0 Å². The lowest BCUT2D eigenvalue weighted by Gasteiger charge is -2.29. The van der Waals surface area contributed by atoms with Gasteiger partial charge in [0.2, 0.25) is 11.9 Å². The van der Waals surface area contributed by atoms with Gasteiger partial charge in [0.1, 0.15) is 0 Å². The molecule has 0 unspecified atom stereocenters. The molecule has 9 heteroatoms. The van der Waals surface area contributed by atoms with Gasteiger partial charge in [-0.15, -0.1) is 0 Å². The highest BCUT2D eigenvalue weighted by Crippen LogP contribution is 2.14. The average molecular weight is 289 g/mol. The van der Waals surface area contributed by atoms with Crippen LogP contribution in [0.1, 0.15) is 12.8 Å². The van der Waals surface area contributed by atoms with Crippen LogP contribution in [0, 0.1) is 0 Å². The first-order valence-corrected chi connectivity index (χ1v) is 6.92. The molecule has 2 aromatic heterocycles. The second-order valence-corrected chi connectivity index (χ2v) is 5.10. The number of hydrazine groups is 1. The molecular weight excluding hydrogens is 270 g/mol. The first-order chi connectivity index (χ1) is 10.2. The average Bonchev–Trinajstić information content (AvgIpc) is 3.04. The number of nitrogens with two attached hydrogens (primary N) is 1. The van der Waals surface area contributed by atoms with Gasteiger partial charge in [0.25, 0.3) is 5.95 Å². The van der Waals surface area contributed by atoms with E-state index in [1.807, 2.05) is 6.07 Å². The number of piperidine rings is 1. The van der Waals surface area contributed by atoms with Crippen molar-refractivity contribution in [3.05, 3.63) is 18.5 Å². The highest BCUT2D eigenvalue weighted by Gasteiger charge is 2.18. The molecule has 1 aliphatic rings. The van der Waals surface area contributed by atoms with E-state index in [0.29, 0.717) is 23.9 Å². The molecule has 9 nitrogen and oxygen atoms in total. The Balaban J connectivity index is 1.79. The Kier molecular flexibility index (Phi) is 3.93. The number of nitrogens with zero attached hydrogens (tertiary/aromatic N) is 6. The molecule has 1 fully saturated rings. The molecule has 0 aromatic carbocycles. The summed E-state index contributed by atoms with van der Waals surface area (Å²) in [6.45, 7) is 2.13. The number of hydrogen-bond donors (Lipinski definition) is 3. The normalized spacial score (nSPS) is 16.9. The molecule has 1 saturated heterocycles. The van der Waals surface area contributed by atoms with Crippen LogP contribution in [0.15, 0.2) is 18.5 Å². The minimum absolute atomic E-state index is 0.311. The molecule has 0 amide bonds. The predicted octanol–water partition coefficient (Wildman–Crippen LogP) is -0.151. The van der Waals surface area contributed by atoms with Crippen molar-refractivity contribution in [2.24, 2.45) is 5.84 Å². The lowest BCUT2D eigenvalue weighted by atomic mass is 10.1. The van der Waals surface area contributed by atoms with Crippen LogP contribution >= 0.6 is 0 Å². The van der Waals surface area contributed by atoms with Gasteiger partial charge in [-0.2, -0.15) is 20.1 Å². The summed E-state index contributed by atoms with van der Waals surface area (Å²) in [5, 5.41) is 7.47. The third-order valence-electron chi connectivity index (χ3n) is 3.51. The lowest BCUT2D eigenvalue weighted by molar-refractivity contribution is 0.263. The van der Waals surface area contributed by atoms with Gasteiger partial charge in [0.05, 0.1) is 0 Å². The highest BCUT2D eigenvalue weighted by atomic mass is 15.4. The van der Waals surface area contributed by atoms with Crippen LogP contribution in [0.2, 0.25) is 0 Å². The van der Waals surface area contributed by atoms with Gasteiger partial charge < -0.3 is 10.2 Å². The van der Waals surface area contributed by atoms with Gasteiger partial charge in [-0.1, -0.05) is 0 Å². The SMILES string of the molecule is CN1CCC(Nc2nc(NN)nc(-n3cccn3)n2)CC1. The number of rotatable bonds is 4. The maximum absolute atomic E-state index is 5.43. The number of anilines is 2. The molecule has 0 bridgehead atoms. The Morgan fingerprint density at radius 3 is 2.62 bits per heavy atom. The number of aromatic nitrogens is 5. The van der Waals surface area contributed by atoms with Crippen LogP contribution in [0.5, 0.6) is 0 Å². The molecule has 0 saturated carbocycles. The molecule has 1 aliphatic heterocycles. The Morgan fingerprint density at radius 1 is 1.19 bits per heavy atom. The van der Waals surface area contributed by atoms with E-state index in [1.165, 1.54) is 0 Å². The number of hydrogen-bond acceptors (Lipinski definition) is 8. The monoisotopic (exact) mass is 289 g/mol. The second kappa shape index (κ2) is 6.02. The quantitative estimate of drug-likeness (QED) is 0.526. The van der Waals surface area contributed by atoms with Gasteiger partial charge in [-0.3, -0.25) is 5.43 Å². The molecule has 2 aromatic rings. The van der Waals surface area contributed by atoms with Gasteiger partial charge in [0, 0.05) is 18.4 Å². The molecule has 3 heterocycles. The van der Waals surface area contributed by atoms with Crippen molar-refractivity contribution in [2.45, 2.75) is 18.9 Å². The van der Waals surface area contributed by atoms with Crippen LogP contribution in [-0.4, -0.2) is 55.8 Å². The zero-order chi connectivity index (χ0) is 14.7. The Bertz CT molecular complexity index is 574. The predicted molar refractivity (Wildman–Crippen MR) is 78.9 cm³/mol. The summed E-state index contributed by atoms with van der Waals surface area (Å²) in [4.78, 5) is 15.2. The fourth-order valence-electron chi connectivity index (χ4n) is 2.32. The molecule has 0 atom stereocenters. The van der Waals surface area contributed by atoms with Crippen molar-refractivity contribution in [3.8, 4) is 5.95 Å². The largest absolute Gasteiger partial charge is 0.351 e. The molecule has 0 aliphatic carbocycles. The fourth-order valence-corrected chi connectivity index (χ4v) is 2.32. The van der Waals surface area contributed by atoms with E-state index in [2.05, 4.69) is 42.7 Å². The van der Waals surface area contributed by atoms with E-state index in [4.69, 9.17) is 5.84 Å². The van der Waals surface area contributed by atoms with Crippen LogP contribution in [-0.2, 0) is 0 Å². The summed E-state index contributed by atoms with van der Waals surface area (Å²) in [6.07, 6.45) is 5.56. The second-order valence-electron chi connectivity index (χ2n) is 5.10. The van der Waals surface area contributed by atoms with E-state index in [-0.39, 0.29) is 0 Å². The van der Waals surface area contributed by atoms with E-state index in [0.717, 1.165) is 25.9 Å². The van der Waals surface area contributed by atoms with Crippen LogP contribution in [0.4, 0.5) is 11.9 Å². The van der Waals surface area contributed by atoms with Crippen molar-refractivity contribution >= 4 is 11.9 Å². The topological polar surface area (TPSA) is 110 Å². The number of likely N-dealkylation sites (tertiary alicyclic amines) is 1. The Morgan fingerprint density at radius 2 is 1.95 bits per heavy atom. The van der Waals surface area contributed by atoms with Gasteiger partial charge in [-0.05, 0) is 39.0 Å². The molecule has 4 N–H and O–H groups in total. The summed E-state index contributed by atoms with van der Waals surface area (Å²) >= 11 is 0. The highest BCUT2D eigenvalue weighted by molar-refractivity contribution is 5.37. The molecule has 0 radical (unpaired) electrons. The zero-order valence-corrected chi connectivity index (χ0v) is 11.9. The van der Waals surface area contributed by atoms with E-state index in [9.17, 15) is 0 Å². The lowest BCUT2D eigenvalue weighted by Crippen LogP contribution is -2.37. The van der Waals surface area contributed by atoms with E-state index in [1.54, 1.807) is 17.1 Å². The maximum Gasteiger partial charge on any atom is 0.257 e. The third-order valence-corrected chi connectivity index (χ3v) is 3.51. The standard InChI is InChI=1S/C12H19N9/c1-20-7-3-9(4-8-20)15-10-16-11(19-13)18-12(17-10)21-6-2-5-14-21/h2,5-6,9H,3-4,7-8,13H2,1H3,(H2,15,16,17,18,19). The summed E-state index contributed by atoms with van der Waals surface area (Å²) < 4.78 is 1.57. The van der Waals surface area contributed by atoms with Crippen LogP contribution < -0.4 is 16.6 Å². The van der Waals surface area contributed by atoms with E-state index < -0.39 is 0 Å². The molecular formula is C12H19N9. The van der Waals surface area contributed by atoms with Crippen LogP contribution in [0.3, 0.4) is 0 Å². The summed E-state index contributed by atoms with van der Waals surface area (Å²) in [5.41, 5.74) is 2.46. The smallest absolute Gasteiger partial charge is 0.257 e. The fraction of sp³-hybridized carbons (Fsp3) is 0.500. The number of nitrogens with one attached hydrogen (secondary N) is 2. The molecule has 21 heavy (non-hydrogen) atoms. The first kappa shape index (κ1) is 13.7. The minimum Gasteiger partial charge on any atom is -0.351 e.